The molecule has 0 aliphatic heterocycles. The quantitative estimate of drug-likeness (QED) is 0.147. The lowest BCUT2D eigenvalue weighted by Gasteiger charge is -2.42. The van der Waals surface area contributed by atoms with Crippen LogP contribution in [-0.4, -0.2) is 4.57 Å². The van der Waals surface area contributed by atoms with Gasteiger partial charge >= 0.3 is 0 Å². The topological polar surface area (TPSA) is 18.1 Å². The molecule has 0 saturated carbocycles. The Morgan fingerprint density at radius 1 is 0.471 bits per heavy atom. The van der Waals surface area contributed by atoms with E-state index in [0.717, 1.165) is 33.1 Å². The van der Waals surface area contributed by atoms with Gasteiger partial charge in [0.05, 0.1) is 11.0 Å². The zero-order chi connectivity index (χ0) is 34.2. The van der Waals surface area contributed by atoms with E-state index >= 15 is 0 Å². The minimum atomic E-state index is -1.92. The molecule has 0 aliphatic rings. The van der Waals surface area contributed by atoms with E-state index in [9.17, 15) is 0 Å². The SMILES string of the molecule is C=C/C=C\C=C/n1c2ccccc2c2cc(S(c3ccccc3)(c3ccccc3)c3ccc(-c4cccc5c4oc4ccccc45)cc3)ccc21. The van der Waals surface area contributed by atoms with E-state index < -0.39 is 10.0 Å². The van der Waals surface area contributed by atoms with E-state index in [1.807, 2.05) is 24.3 Å². The Balaban J connectivity index is 1.28. The van der Waals surface area contributed by atoms with E-state index in [4.69, 9.17) is 4.42 Å². The Kier molecular flexibility index (Phi) is 7.76. The van der Waals surface area contributed by atoms with Gasteiger partial charge in [-0.05, 0) is 78.4 Å². The van der Waals surface area contributed by atoms with Crippen LogP contribution in [0.1, 0.15) is 0 Å². The molecule has 0 bridgehead atoms. The number of aromatic nitrogens is 1. The summed E-state index contributed by atoms with van der Waals surface area (Å²) < 4.78 is 8.74. The molecule has 0 N–H and O–H groups in total. The molecule has 0 unspecified atom stereocenters. The predicted octanol–water partition coefficient (Wildman–Crippen LogP) is 13.9. The molecule has 0 aliphatic carbocycles. The van der Waals surface area contributed by atoms with Crippen LogP contribution in [0.4, 0.5) is 0 Å². The first-order valence-electron chi connectivity index (χ1n) is 17.2. The van der Waals surface area contributed by atoms with Gasteiger partial charge < -0.3 is 8.98 Å². The van der Waals surface area contributed by atoms with Crippen LogP contribution in [0.25, 0.3) is 61.1 Å². The summed E-state index contributed by atoms with van der Waals surface area (Å²) in [6, 6.07) is 61.8. The zero-order valence-electron chi connectivity index (χ0n) is 28.0. The Morgan fingerprint density at radius 3 is 1.82 bits per heavy atom. The summed E-state index contributed by atoms with van der Waals surface area (Å²) in [5.74, 6) is 0. The van der Waals surface area contributed by atoms with Crippen molar-refractivity contribution < 1.29 is 4.42 Å². The van der Waals surface area contributed by atoms with Gasteiger partial charge in [0.25, 0.3) is 0 Å². The third-order valence-corrected chi connectivity index (χ3v) is 13.6. The average molecular weight is 674 g/mol. The first kappa shape index (κ1) is 30.7. The summed E-state index contributed by atoms with van der Waals surface area (Å²) >= 11 is 0. The van der Waals surface area contributed by atoms with Gasteiger partial charge in [-0.2, -0.15) is 0 Å². The number of para-hydroxylation sites is 3. The van der Waals surface area contributed by atoms with E-state index in [1.165, 1.54) is 41.4 Å². The summed E-state index contributed by atoms with van der Waals surface area (Å²) in [6.07, 6.45) is 9.96. The van der Waals surface area contributed by atoms with Crippen LogP contribution in [0.3, 0.4) is 0 Å². The molecular formula is C48H35NOS. The van der Waals surface area contributed by atoms with Crippen LogP contribution in [0.15, 0.2) is 225 Å². The molecule has 9 aromatic rings. The van der Waals surface area contributed by atoms with Gasteiger partial charge in [-0.1, -0.05) is 128 Å². The van der Waals surface area contributed by atoms with E-state index in [1.54, 1.807) is 6.08 Å². The Hall–Kier alpha value is -6.29. The first-order chi connectivity index (χ1) is 25.3. The van der Waals surface area contributed by atoms with Gasteiger partial charge in [-0.15, -0.1) is 10.0 Å². The maximum atomic E-state index is 6.45. The monoisotopic (exact) mass is 673 g/mol. The molecule has 7 aromatic carbocycles. The fraction of sp³-hybridized carbons (Fsp3) is 0. The van der Waals surface area contributed by atoms with Crippen LogP contribution >= 0.6 is 10.0 Å². The highest BCUT2D eigenvalue weighted by atomic mass is 32.3. The second kappa shape index (κ2) is 12.9. The first-order valence-corrected chi connectivity index (χ1v) is 18.8. The fourth-order valence-electron chi connectivity index (χ4n) is 7.49. The number of rotatable bonds is 8. The van der Waals surface area contributed by atoms with Gasteiger partial charge in [0.1, 0.15) is 11.2 Å². The van der Waals surface area contributed by atoms with Crippen molar-refractivity contribution in [1.29, 1.82) is 0 Å². The number of hydrogen-bond acceptors (Lipinski definition) is 1. The maximum absolute atomic E-state index is 6.45. The lowest BCUT2D eigenvalue weighted by Crippen LogP contribution is -2.05. The summed E-state index contributed by atoms with van der Waals surface area (Å²) in [6.45, 7) is 3.81. The maximum Gasteiger partial charge on any atom is 0.143 e. The Labute approximate surface area is 299 Å². The van der Waals surface area contributed by atoms with Gasteiger partial charge in [0, 0.05) is 52.9 Å². The molecule has 2 nitrogen and oxygen atoms in total. The Bertz CT molecular complexity index is 2710. The lowest BCUT2D eigenvalue weighted by molar-refractivity contribution is 0.670. The molecular weight excluding hydrogens is 639 g/mol. The number of fused-ring (bicyclic) bond motifs is 6. The molecule has 0 fully saturated rings. The summed E-state index contributed by atoms with van der Waals surface area (Å²) in [7, 11) is -1.92. The smallest absolute Gasteiger partial charge is 0.143 e. The third kappa shape index (κ3) is 5.05. The Morgan fingerprint density at radius 2 is 1.08 bits per heavy atom. The van der Waals surface area contributed by atoms with Crippen molar-refractivity contribution in [1.82, 2.24) is 4.57 Å². The van der Waals surface area contributed by atoms with Crippen molar-refractivity contribution in [2.24, 2.45) is 0 Å². The molecule has 0 spiro atoms. The predicted molar refractivity (Wildman–Crippen MR) is 217 cm³/mol. The largest absolute Gasteiger partial charge is 0.455 e. The highest BCUT2D eigenvalue weighted by molar-refractivity contribution is 8.34. The normalized spacial score (nSPS) is 12.5. The third-order valence-electron chi connectivity index (χ3n) is 9.74. The van der Waals surface area contributed by atoms with Crippen LogP contribution in [0.5, 0.6) is 0 Å². The molecule has 244 valence electrons. The van der Waals surface area contributed by atoms with E-state index in [-0.39, 0.29) is 0 Å². The van der Waals surface area contributed by atoms with Gasteiger partial charge in [0.2, 0.25) is 0 Å². The molecule has 9 rings (SSSR count). The summed E-state index contributed by atoms with van der Waals surface area (Å²) in [5.41, 5.74) is 6.42. The van der Waals surface area contributed by atoms with Gasteiger partial charge in [0.15, 0.2) is 0 Å². The van der Waals surface area contributed by atoms with Crippen molar-refractivity contribution in [3.63, 3.8) is 0 Å². The highest BCUT2D eigenvalue weighted by Crippen LogP contribution is 2.73. The molecule has 0 atom stereocenters. The molecule has 0 saturated heterocycles. The molecule has 0 radical (unpaired) electrons. The molecule has 51 heavy (non-hydrogen) atoms. The fourth-order valence-corrected chi connectivity index (χ4v) is 11.4. The van der Waals surface area contributed by atoms with Crippen molar-refractivity contribution in [2.75, 3.05) is 0 Å². The van der Waals surface area contributed by atoms with Gasteiger partial charge in [-0.3, -0.25) is 0 Å². The van der Waals surface area contributed by atoms with E-state index in [2.05, 4.69) is 181 Å². The number of furan rings is 1. The number of nitrogens with zero attached hydrogens (tertiary/aromatic N) is 1. The summed E-state index contributed by atoms with van der Waals surface area (Å²) in [5, 5.41) is 4.75. The van der Waals surface area contributed by atoms with Gasteiger partial charge in [-0.25, -0.2) is 0 Å². The van der Waals surface area contributed by atoms with E-state index in [0.29, 0.717) is 0 Å². The minimum absolute atomic E-state index is 0.911. The van der Waals surface area contributed by atoms with Crippen molar-refractivity contribution in [3.05, 3.63) is 201 Å². The van der Waals surface area contributed by atoms with Crippen LogP contribution in [0.2, 0.25) is 0 Å². The number of benzene rings is 7. The number of allylic oxidation sites excluding steroid dienone is 4. The molecule has 3 heteroatoms. The number of hydrogen-bond donors (Lipinski definition) is 0. The molecule has 2 heterocycles. The van der Waals surface area contributed by atoms with Crippen molar-refractivity contribution in [2.45, 2.75) is 19.6 Å². The highest BCUT2D eigenvalue weighted by Gasteiger charge is 2.34. The molecule has 2 aromatic heterocycles. The van der Waals surface area contributed by atoms with Crippen LogP contribution < -0.4 is 0 Å². The second-order valence-electron chi connectivity index (χ2n) is 12.6. The summed E-state index contributed by atoms with van der Waals surface area (Å²) in [4.78, 5) is 5.15. The van der Waals surface area contributed by atoms with Crippen LogP contribution in [0, 0.1) is 0 Å². The standard InChI is InChI=1S/C48H35NOS/c1-2-3-4-15-33-49-45-25-13-11-21-41(45)44-34-39(31-32-46(44)49)51(36-17-7-5-8-18-36,37-19-9-6-10-20-37)38-29-27-35(28-30-38)40-23-16-24-43-42-22-12-14-26-47(42)50-48(40)43/h2-34H,1H2/b4-3-,33-15-. The molecule has 0 amide bonds. The van der Waals surface area contributed by atoms with Crippen molar-refractivity contribution >= 4 is 60.0 Å². The lowest BCUT2D eigenvalue weighted by atomic mass is 10.0. The minimum Gasteiger partial charge on any atom is -0.455 e. The van der Waals surface area contributed by atoms with Crippen molar-refractivity contribution in [3.8, 4) is 11.1 Å². The van der Waals surface area contributed by atoms with Crippen LogP contribution in [-0.2, 0) is 0 Å². The zero-order valence-corrected chi connectivity index (χ0v) is 28.8. The average Bonchev–Trinajstić information content (AvgIpc) is 3.73. The second-order valence-corrected chi connectivity index (χ2v) is 15.7.